The quantitative estimate of drug-likeness (QED) is 0.157. The van der Waals surface area contributed by atoms with Crippen LogP contribution in [-0.4, -0.2) is 31.6 Å². The molecule has 0 bridgehead atoms. The summed E-state index contributed by atoms with van der Waals surface area (Å²) in [5, 5.41) is 0. The van der Waals surface area contributed by atoms with Gasteiger partial charge in [-0.15, -0.1) is 0 Å². The van der Waals surface area contributed by atoms with Gasteiger partial charge in [-0.25, -0.2) is 0 Å². The van der Waals surface area contributed by atoms with E-state index in [1.54, 1.807) is 24.8 Å². The lowest BCUT2D eigenvalue weighted by Gasteiger charge is -1.99. The van der Waals surface area contributed by atoms with Gasteiger partial charge in [0.15, 0.2) is 6.71 Å². The zero-order valence-electron chi connectivity index (χ0n) is 34.4. The Kier molecular flexibility index (Phi) is 68.0. The fourth-order valence-corrected chi connectivity index (χ4v) is 3.09. The fourth-order valence-electron chi connectivity index (χ4n) is 2.62. The van der Waals surface area contributed by atoms with E-state index in [-0.39, 0.29) is 23.7 Å². The maximum absolute atomic E-state index is 4.20. The minimum Gasteiger partial charge on any atom is -0.262 e. The van der Waals surface area contributed by atoms with E-state index < -0.39 is 0 Å². The van der Waals surface area contributed by atoms with E-state index in [2.05, 4.69) is 82.6 Å². The maximum Gasteiger partial charge on any atom is 0.171 e. The molecule has 0 fully saturated rings. The minimum absolute atomic E-state index is 0. The predicted octanol–water partition coefficient (Wildman–Crippen LogP) is 15.7. The van der Waals surface area contributed by atoms with Crippen LogP contribution in [0, 0.1) is 34.6 Å². The molecule has 0 unspecified atom stereocenters. The highest BCUT2D eigenvalue weighted by Gasteiger charge is 2.00. The van der Waals surface area contributed by atoms with E-state index in [1.165, 1.54) is 5.46 Å². The molecule has 5 nitrogen and oxygen atoms in total. The highest BCUT2D eigenvalue weighted by Crippen LogP contribution is 2.06. The maximum atomic E-state index is 4.20. The molecule has 0 aliphatic heterocycles. The summed E-state index contributed by atoms with van der Waals surface area (Å²) in [4.78, 5) is 20.2. The Bertz CT molecular complexity index is 1190. The summed E-state index contributed by atoms with van der Waals surface area (Å²) in [5.74, 6) is 0. The van der Waals surface area contributed by atoms with Crippen molar-refractivity contribution in [2.75, 3.05) is 0 Å². The van der Waals surface area contributed by atoms with Crippen LogP contribution in [0.2, 0.25) is 13.6 Å². The highest BCUT2D eigenvalue weighted by molar-refractivity contribution is 9.10. The molecule has 5 aromatic heterocycles. The summed E-state index contributed by atoms with van der Waals surface area (Å²) in [5.41, 5.74) is 6.64. The van der Waals surface area contributed by atoms with Gasteiger partial charge in [-0.1, -0.05) is 129 Å². The number of rotatable bonds is 1. The van der Waals surface area contributed by atoms with E-state index in [0.717, 1.165) is 37.4 Å². The normalized spacial score (nSPS) is 7.45. The van der Waals surface area contributed by atoms with Crippen LogP contribution in [0.4, 0.5) is 0 Å². The van der Waals surface area contributed by atoms with Gasteiger partial charge in [0.1, 0.15) is 0 Å². The number of aromatic nitrogens is 5. The van der Waals surface area contributed by atoms with Crippen molar-refractivity contribution in [3.05, 3.63) is 141 Å². The second-order valence-corrected chi connectivity index (χ2v) is 10.9. The first-order chi connectivity index (χ1) is 24.1. The molecule has 0 aromatic carbocycles. The molecule has 0 atom stereocenters. The minimum atomic E-state index is 0. The topological polar surface area (TPSA) is 64.5 Å². The molecule has 0 aliphatic carbocycles. The van der Waals surface area contributed by atoms with Crippen LogP contribution < -0.4 is 5.46 Å². The third-order valence-corrected chi connectivity index (χ3v) is 5.92. The average Bonchev–Trinajstić information content (AvgIpc) is 3.17. The Labute approximate surface area is 349 Å². The van der Waals surface area contributed by atoms with Crippen LogP contribution in [-0.2, 0) is 0 Å². The van der Waals surface area contributed by atoms with E-state index in [9.17, 15) is 0 Å². The average molecular weight is 864 g/mol. The van der Waals surface area contributed by atoms with Gasteiger partial charge < -0.3 is 0 Å². The third-order valence-electron chi connectivity index (χ3n) is 4.98. The van der Waals surface area contributed by atoms with Crippen LogP contribution in [0.25, 0.3) is 0 Å². The van der Waals surface area contributed by atoms with Gasteiger partial charge in [-0.2, -0.15) is 0 Å². The largest absolute Gasteiger partial charge is 0.262 e. The van der Waals surface area contributed by atoms with E-state index in [0.29, 0.717) is 6.71 Å². The zero-order chi connectivity index (χ0) is 39.8. The molecule has 0 saturated carbocycles. The number of aryl methyl sites for hydroxylation is 5. The molecule has 0 saturated heterocycles. The molecular formula is C45H82BBr2N5. The molecule has 0 N–H and O–H groups in total. The van der Waals surface area contributed by atoms with Crippen molar-refractivity contribution >= 4 is 44.0 Å². The Morgan fingerprint density at radius 2 is 0.679 bits per heavy atom. The summed E-state index contributed by atoms with van der Waals surface area (Å²) < 4.78 is 2.06. The standard InChI is InChI=1S/C8H12BN.2C6H6BrN.2C6H7N.5C2H6.3CH4.H2/c1-7-4-5-8(6-10-7)9(2)3;2*1-5-2-3-6(7)4-8-5;2*1-6-4-2-3-5-7-6;5*1-2;;;;/h4-6H,1-3H3;2*2-4H,1H3;2*2-5H,1H3;5*1-2H3;3*1H4;1H. The van der Waals surface area contributed by atoms with Crippen molar-refractivity contribution < 1.29 is 1.43 Å². The number of hydrogen-bond donors (Lipinski definition) is 0. The SMILES string of the molecule is C.C.C.CB(C)c1ccc(C)nc1.CC.CC.CC.CC.CC.Cc1ccc(Br)cn1.Cc1ccc(Br)cn1.Cc1ccccn1.Cc1ccccn1.[HH]. The number of halogens is 2. The first-order valence-electron chi connectivity index (χ1n) is 17.9. The van der Waals surface area contributed by atoms with E-state index in [4.69, 9.17) is 0 Å². The second kappa shape index (κ2) is 53.1. The van der Waals surface area contributed by atoms with E-state index in [1.807, 2.05) is 171 Å². The van der Waals surface area contributed by atoms with Crippen LogP contribution in [0.15, 0.2) is 113 Å². The molecular weight excluding hydrogens is 781 g/mol. The smallest absolute Gasteiger partial charge is 0.171 e. The van der Waals surface area contributed by atoms with Crippen molar-refractivity contribution in [3.63, 3.8) is 0 Å². The van der Waals surface area contributed by atoms with Gasteiger partial charge in [-0.05, 0) is 121 Å². The summed E-state index contributed by atoms with van der Waals surface area (Å²) >= 11 is 6.57. The zero-order valence-corrected chi connectivity index (χ0v) is 37.6. The molecule has 0 amide bonds. The molecule has 0 radical (unpaired) electrons. The summed E-state index contributed by atoms with van der Waals surface area (Å²) in [6.45, 7) is 34.8. The monoisotopic (exact) mass is 862 g/mol. The summed E-state index contributed by atoms with van der Waals surface area (Å²) in [6, 6.07) is 23.8. The van der Waals surface area contributed by atoms with Crippen LogP contribution in [0.1, 0.15) is 121 Å². The Morgan fingerprint density at radius 1 is 0.396 bits per heavy atom. The van der Waals surface area contributed by atoms with Crippen molar-refractivity contribution in [3.8, 4) is 0 Å². The second-order valence-electron chi connectivity index (χ2n) is 9.07. The van der Waals surface area contributed by atoms with E-state index >= 15 is 0 Å². The molecule has 5 rings (SSSR count). The van der Waals surface area contributed by atoms with Crippen molar-refractivity contribution in [1.82, 2.24) is 24.9 Å². The number of nitrogens with zero attached hydrogens (tertiary/aromatic N) is 5. The number of pyridine rings is 5. The lowest BCUT2D eigenvalue weighted by Crippen LogP contribution is -2.22. The fraction of sp³-hybridized carbons (Fsp3) is 0.444. The van der Waals surface area contributed by atoms with Gasteiger partial charge >= 0.3 is 0 Å². The lowest BCUT2D eigenvalue weighted by atomic mass is 9.50. The number of hydrogen-bond acceptors (Lipinski definition) is 5. The lowest BCUT2D eigenvalue weighted by molar-refractivity contribution is 1.19. The van der Waals surface area contributed by atoms with Gasteiger partial charge in [0.25, 0.3) is 0 Å². The highest BCUT2D eigenvalue weighted by atomic mass is 79.9. The van der Waals surface area contributed by atoms with Crippen LogP contribution in [0.5, 0.6) is 0 Å². The van der Waals surface area contributed by atoms with Gasteiger partial charge in [0.2, 0.25) is 0 Å². The predicted molar refractivity (Wildman–Crippen MR) is 256 cm³/mol. The third kappa shape index (κ3) is 48.8. The Balaban J connectivity index is -0.0000000623. The molecule has 5 aromatic rings. The van der Waals surface area contributed by atoms with Crippen LogP contribution in [0.3, 0.4) is 0 Å². The van der Waals surface area contributed by atoms with Gasteiger partial charge in [0, 0.05) is 69.8 Å². The Morgan fingerprint density at radius 3 is 0.830 bits per heavy atom. The Hall–Kier alpha value is -3.23. The van der Waals surface area contributed by atoms with Crippen molar-refractivity contribution in [1.29, 1.82) is 0 Å². The molecule has 8 heteroatoms. The molecule has 0 aliphatic rings. The molecule has 304 valence electrons. The first kappa shape index (κ1) is 67.9. The van der Waals surface area contributed by atoms with Crippen LogP contribution >= 0.6 is 31.9 Å². The van der Waals surface area contributed by atoms with Gasteiger partial charge in [-0.3, -0.25) is 24.9 Å². The summed E-state index contributed by atoms with van der Waals surface area (Å²) in [6.07, 6.45) is 9.09. The molecule has 53 heavy (non-hydrogen) atoms. The van der Waals surface area contributed by atoms with Crippen molar-refractivity contribution in [2.45, 2.75) is 140 Å². The summed E-state index contributed by atoms with van der Waals surface area (Å²) in [7, 11) is 0. The molecule has 0 spiro atoms. The van der Waals surface area contributed by atoms with Crippen molar-refractivity contribution in [2.24, 2.45) is 0 Å². The first-order valence-corrected chi connectivity index (χ1v) is 19.5. The molecule has 5 heterocycles. The van der Waals surface area contributed by atoms with Gasteiger partial charge in [0.05, 0.1) is 0 Å².